The first-order chi connectivity index (χ1) is 6.11. The quantitative estimate of drug-likeness (QED) is 0.785. The molecule has 0 saturated heterocycles. The monoisotopic (exact) mass is 197 g/mol. The topological polar surface area (TPSA) is 26.0 Å². The molecular formula is C11H19NS. The van der Waals surface area contributed by atoms with Crippen LogP contribution in [0.5, 0.6) is 0 Å². The van der Waals surface area contributed by atoms with Crippen molar-refractivity contribution < 1.29 is 0 Å². The van der Waals surface area contributed by atoms with E-state index in [1.165, 1.54) is 16.9 Å². The third-order valence-electron chi connectivity index (χ3n) is 2.29. The minimum atomic E-state index is 0.252. The van der Waals surface area contributed by atoms with E-state index in [-0.39, 0.29) is 6.04 Å². The fourth-order valence-electron chi connectivity index (χ4n) is 1.41. The summed E-state index contributed by atoms with van der Waals surface area (Å²) in [6.45, 7) is 6.63. The molecule has 0 aliphatic carbocycles. The van der Waals surface area contributed by atoms with E-state index in [4.69, 9.17) is 5.73 Å². The van der Waals surface area contributed by atoms with Gasteiger partial charge in [-0.05, 0) is 42.7 Å². The molecule has 74 valence electrons. The molecule has 1 aromatic heterocycles. The molecular weight excluding hydrogens is 178 g/mol. The van der Waals surface area contributed by atoms with Gasteiger partial charge in [0.15, 0.2) is 0 Å². The molecule has 0 radical (unpaired) electrons. The van der Waals surface area contributed by atoms with Crippen molar-refractivity contribution >= 4 is 11.3 Å². The second-order valence-corrected chi connectivity index (χ2v) is 4.99. The highest BCUT2D eigenvalue weighted by molar-refractivity contribution is 7.10. The Labute approximate surface area is 85.0 Å². The molecule has 1 rings (SSSR count). The van der Waals surface area contributed by atoms with Crippen LogP contribution in [0.15, 0.2) is 11.4 Å². The maximum absolute atomic E-state index is 6.10. The number of hydrogen-bond acceptors (Lipinski definition) is 2. The van der Waals surface area contributed by atoms with Crippen LogP contribution in [0.25, 0.3) is 0 Å². The Kier molecular flexibility index (Phi) is 3.94. The van der Waals surface area contributed by atoms with Gasteiger partial charge in [0.25, 0.3) is 0 Å². The fraction of sp³-hybridized carbons (Fsp3) is 0.636. The van der Waals surface area contributed by atoms with Gasteiger partial charge in [-0.1, -0.05) is 13.8 Å². The summed E-state index contributed by atoms with van der Waals surface area (Å²) in [6.07, 6.45) is 2.33. The van der Waals surface area contributed by atoms with E-state index >= 15 is 0 Å². The van der Waals surface area contributed by atoms with Crippen molar-refractivity contribution in [3.05, 3.63) is 21.9 Å². The summed E-state index contributed by atoms with van der Waals surface area (Å²) < 4.78 is 0. The molecule has 0 spiro atoms. The fourth-order valence-corrected chi connectivity index (χ4v) is 2.37. The average molecular weight is 197 g/mol. The zero-order valence-corrected chi connectivity index (χ0v) is 9.53. The lowest BCUT2D eigenvalue weighted by molar-refractivity contribution is 0.510. The van der Waals surface area contributed by atoms with Gasteiger partial charge in [0.1, 0.15) is 0 Å². The van der Waals surface area contributed by atoms with Crippen molar-refractivity contribution in [1.29, 1.82) is 0 Å². The van der Waals surface area contributed by atoms with Crippen LogP contribution in [-0.2, 0) is 0 Å². The SMILES string of the molecule is Cc1ccsc1[C@H](N)CCC(C)C. The summed E-state index contributed by atoms with van der Waals surface area (Å²) in [5.74, 6) is 0.756. The normalized spacial score (nSPS) is 13.6. The summed E-state index contributed by atoms with van der Waals surface area (Å²) in [7, 11) is 0. The van der Waals surface area contributed by atoms with Gasteiger partial charge in [0, 0.05) is 10.9 Å². The molecule has 1 nitrogen and oxygen atoms in total. The van der Waals surface area contributed by atoms with Crippen molar-refractivity contribution in [1.82, 2.24) is 0 Å². The molecule has 0 saturated carbocycles. The predicted octanol–water partition coefficient (Wildman–Crippen LogP) is 3.49. The van der Waals surface area contributed by atoms with E-state index in [0.717, 1.165) is 12.3 Å². The molecule has 2 N–H and O–H groups in total. The molecule has 2 heteroatoms. The van der Waals surface area contributed by atoms with Gasteiger partial charge >= 0.3 is 0 Å². The maximum Gasteiger partial charge on any atom is 0.0392 e. The molecule has 0 aliphatic rings. The van der Waals surface area contributed by atoms with Gasteiger partial charge in [-0.3, -0.25) is 0 Å². The van der Waals surface area contributed by atoms with Crippen molar-refractivity contribution in [3.63, 3.8) is 0 Å². The zero-order valence-electron chi connectivity index (χ0n) is 8.71. The van der Waals surface area contributed by atoms with Crippen LogP contribution < -0.4 is 5.73 Å². The molecule has 0 fully saturated rings. The van der Waals surface area contributed by atoms with Gasteiger partial charge < -0.3 is 5.73 Å². The Hall–Kier alpha value is -0.340. The van der Waals surface area contributed by atoms with Crippen molar-refractivity contribution in [2.24, 2.45) is 11.7 Å². The molecule has 0 bridgehead atoms. The molecule has 1 atom stereocenters. The highest BCUT2D eigenvalue weighted by atomic mass is 32.1. The first-order valence-corrected chi connectivity index (χ1v) is 5.78. The van der Waals surface area contributed by atoms with E-state index in [1.54, 1.807) is 11.3 Å². The van der Waals surface area contributed by atoms with E-state index in [2.05, 4.69) is 32.2 Å². The minimum absolute atomic E-state index is 0.252. The summed E-state index contributed by atoms with van der Waals surface area (Å²) in [5.41, 5.74) is 7.45. The Morgan fingerprint density at radius 2 is 2.08 bits per heavy atom. The molecule has 0 amide bonds. The summed E-state index contributed by atoms with van der Waals surface area (Å²) >= 11 is 1.78. The van der Waals surface area contributed by atoms with Crippen LogP contribution in [0.2, 0.25) is 0 Å². The summed E-state index contributed by atoms with van der Waals surface area (Å²) in [4.78, 5) is 1.36. The smallest absolute Gasteiger partial charge is 0.0392 e. The van der Waals surface area contributed by atoms with Crippen LogP contribution in [0.4, 0.5) is 0 Å². The highest BCUT2D eigenvalue weighted by Crippen LogP contribution is 2.26. The van der Waals surface area contributed by atoms with E-state index in [9.17, 15) is 0 Å². The van der Waals surface area contributed by atoms with Gasteiger partial charge in [0.2, 0.25) is 0 Å². The van der Waals surface area contributed by atoms with Gasteiger partial charge in [0.05, 0.1) is 0 Å². The van der Waals surface area contributed by atoms with Crippen LogP contribution in [0.1, 0.15) is 43.2 Å². The van der Waals surface area contributed by atoms with E-state index in [0.29, 0.717) is 0 Å². The Bertz CT molecular complexity index is 252. The Balaban J connectivity index is 2.49. The molecule has 0 unspecified atom stereocenters. The van der Waals surface area contributed by atoms with E-state index < -0.39 is 0 Å². The molecule has 0 aliphatic heterocycles. The summed E-state index contributed by atoms with van der Waals surface area (Å²) in [5, 5.41) is 2.12. The molecule has 1 aromatic rings. The van der Waals surface area contributed by atoms with Crippen LogP contribution >= 0.6 is 11.3 Å². The van der Waals surface area contributed by atoms with Gasteiger partial charge in [-0.25, -0.2) is 0 Å². The highest BCUT2D eigenvalue weighted by Gasteiger charge is 2.10. The number of nitrogens with two attached hydrogens (primary N) is 1. The van der Waals surface area contributed by atoms with Crippen LogP contribution in [0.3, 0.4) is 0 Å². The number of rotatable bonds is 4. The lowest BCUT2D eigenvalue weighted by Crippen LogP contribution is -2.10. The second-order valence-electron chi connectivity index (χ2n) is 4.05. The Morgan fingerprint density at radius 3 is 2.54 bits per heavy atom. The third-order valence-corrected chi connectivity index (χ3v) is 3.44. The lowest BCUT2D eigenvalue weighted by Gasteiger charge is -2.12. The van der Waals surface area contributed by atoms with Crippen LogP contribution in [-0.4, -0.2) is 0 Å². The number of hydrogen-bond donors (Lipinski definition) is 1. The Morgan fingerprint density at radius 1 is 1.38 bits per heavy atom. The largest absolute Gasteiger partial charge is 0.323 e. The van der Waals surface area contributed by atoms with Crippen molar-refractivity contribution in [2.75, 3.05) is 0 Å². The maximum atomic E-state index is 6.10. The predicted molar refractivity (Wildman–Crippen MR) is 60.1 cm³/mol. The van der Waals surface area contributed by atoms with Crippen LogP contribution in [0, 0.1) is 12.8 Å². The van der Waals surface area contributed by atoms with E-state index in [1.807, 2.05) is 0 Å². The number of thiophene rings is 1. The number of aryl methyl sites for hydroxylation is 1. The second kappa shape index (κ2) is 4.77. The average Bonchev–Trinajstić information content (AvgIpc) is 2.47. The molecule has 13 heavy (non-hydrogen) atoms. The molecule has 1 heterocycles. The lowest BCUT2D eigenvalue weighted by atomic mass is 10.0. The molecule has 0 aromatic carbocycles. The summed E-state index contributed by atoms with van der Waals surface area (Å²) in [6, 6.07) is 2.40. The van der Waals surface area contributed by atoms with Gasteiger partial charge in [-0.15, -0.1) is 11.3 Å². The zero-order chi connectivity index (χ0) is 9.84. The van der Waals surface area contributed by atoms with Crippen molar-refractivity contribution in [3.8, 4) is 0 Å². The first-order valence-electron chi connectivity index (χ1n) is 4.91. The third kappa shape index (κ3) is 3.12. The standard InChI is InChI=1S/C11H19NS/c1-8(2)4-5-10(12)11-9(3)6-7-13-11/h6-8,10H,4-5,12H2,1-3H3/t10-/m1/s1. The van der Waals surface area contributed by atoms with Gasteiger partial charge in [-0.2, -0.15) is 0 Å². The first kappa shape index (κ1) is 10.7. The minimum Gasteiger partial charge on any atom is -0.323 e. The van der Waals surface area contributed by atoms with Crippen molar-refractivity contribution in [2.45, 2.75) is 39.7 Å².